The Labute approximate surface area is 145 Å². The van der Waals surface area contributed by atoms with Crippen LogP contribution in [0.1, 0.15) is 30.6 Å². The smallest absolute Gasteiger partial charge is 0.252 e. The molecule has 130 valence electrons. The number of benzene rings is 1. The maximum atomic E-state index is 11.8. The molecule has 25 heavy (non-hydrogen) atoms. The Morgan fingerprint density at radius 3 is 2.76 bits per heavy atom. The highest BCUT2D eigenvalue weighted by Crippen LogP contribution is 2.30. The lowest BCUT2D eigenvalue weighted by molar-refractivity contribution is 0.0749. The van der Waals surface area contributed by atoms with Gasteiger partial charge in [-0.25, -0.2) is 0 Å². The second kappa shape index (κ2) is 6.52. The average Bonchev–Trinajstić information content (AvgIpc) is 3.07. The van der Waals surface area contributed by atoms with Crippen LogP contribution in [-0.2, 0) is 0 Å². The highest BCUT2D eigenvalue weighted by molar-refractivity contribution is 6.07. The molecule has 0 atom stereocenters. The maximum absolute atomic E-state index is 11.8. The first-order valence-electron chi connectivity index (χ1n) is 8.03. The number of amides is 1. The van der Waals surface area contributed by atoms with Gasteiger partial charge in [-0.15, -0.1) is 0 Å². The van der Waals surface area contributed by atoms with Gasteiger partial charge in [0, 0.05) is 29.9 Å². The second-order valence-corrected chi connectivity index (χ2v) is 6.62. The van der Waals surface area contributed by atoms with Crippen molar-refractivity contribution in [1.29, 1.82) is 0 Å². The number of rotatable bonds is 6. The molecule has 2 aromatic heterocycles. The number of aliphatic hydroxyl groups is 1. The zero-order chi connectivity index (χ0) is 18.0. The second-order valence-electron chi connectivity index (χ2n) is 6.62. The van der Waals surface area contributed by atoms with Gasteiger partial charge in [0.05, 0.1) is 28.6 Å². The van der Waals surface area contributed by atoms with Crippen molar-refractivity contribution < 1.29 is 9.90 Å². The van der Waals surface area contributed by atoms with Gasteiger partial charge in [0.25, 0.3) is 5.91 Å². The van der Waals surface area contributed by atoms with Crippen LogP contribution < -0.4 is 11.1 Å². The molecule has 0 aliphatic carbocycles. The molecule has 0 aliphatic heterocycles. The summed E-state index contributed by atoms with van der Waals surface area (Å²) in [5.41, 5.74) is 8.31. The number of hydrogen-bond donors (Lipinski definition) is 4. The van der Waals surface area contributed by atoms with Gasteiger partial charge in [-0.1, -0.05) is 6.07 Å². The van der Waals surface area contributed by atoms with E-state index >= 15 is 0 Å². The monoisotopic (exact) mass is 339 g/mol. The van der Waals surface area contributed by atoms with Gasteiger partial charge >= 0.3 is 0 Å². The van der Waals surface area contributed by atoms with Gasteiger partial charge in [-0.2, -0.15) is 5.10 Å². The van der Waals surface area contributed by atoms with E-state index in [0.29, 0.717) is 24.2 Å². The fourth-order valence-corrected chi connectivity index (χ4v) is 2.65. The quantitative estimate of drug-likeness (QED) is 0.550. The predicted octanol–water partition coefficient (Wildman–Crippen LogP) is 2.30. The van der Waals surface area contributed by atoms with Crippen LogP contribution in [0, 0.1) is 0 Å². The van der Waals surface area contributed by atoms with E-state index in [4.69, 9.17) is 5.73 Å². The minimum absolute atomic E-state index is 0.326. The molecule has 0 aliphatic rings. The summed E-state index contributed by atoms with van der Waals surface area (Å²) in [5.74, 6) is -0.547. The normalized spacial score (nSPS) is 11.6. The molecule has 3 rings (SSSR count). The lowest BCUT2D eigenvalue weighted by Crippen LogP contribution is -2.23. The molecule has 1 aromatic carbocycles. The van der Waals surface area contributed by atoms with Crippen molar-refractivity contribution in [3.8, 4) is 11.1 Å². The molecule has 0 unspecified atom stereocenters. The van der Waals surface area contributed by atoms with E-state index in [1.807, 2.05) is 18.2 Å². The van der Waals surface area contributed by atoms with Gasteiger partial charge in [0.1, 0.15) is 0 Å². The number of aromatic nitrogens is 3. The summed E-state index contributed by atoms with van der Waals surface area (Å²) < 4.78 is 0. The Balaban J connectivity index is 2.07. The fourth-order valence-electron chi connectivity index (χ4n) is 2.65. The first-order valence-corrected chi connectivity index (χ1v) is 8.03. The first-order chi connectivity index (χ1) is 11.8. The molecule has 0 saturated carbocycles. The van der Waals surface area contributed by atoms with Crippen LogP contribution in [0.2, 0.25) is 0 Å². The zero-order valence-electron chi connectivity index (χ0n) is 14.2. The summed E-state index contributed by atoms with van der Waals surface area (Å²) >= 11 is 0. The van der Waals surface area contributed by atoms with Gasteiger partial charge in [0.15, 0.2) is 0 Å². The molecule has 7 heteroatoms. The Morgan fingerprint density at radius 1 is 1.32 bits per heavy atom. The number of nitrogens with zero attached hydrogens (tertiary/aromatic N) is 2. The molecule has 5 N–H and O–H groups in total. The largest absolute Gasteiger partial charge is 0.390 e. The Morgan fingerprint density at radius 2 is 2.12 bits per heavy atom. The van der Waals surface area contributed by atoms with E-state index in [-0.39, 0.29) is 0 Å². The number of carbonyl (C=O) groups excluding carboxylic acids is 1. The lowest BCUT2D eigenvalue weighted by Gasteiger charge is -2.19. The highest BCUT2D eigenvalue weighted by atomic mass is 16.3. The Kier molecular flexibility index (Phi) is 4.41. The van der Waals surface area contributed by atoms with E-state index in [9.17, 15) is 9.90 Å². The van der Waals surface area contributed by atoms with Gasteiger partial charge in [0.2, 0.25) is 0 Å². The molecule has 7 nitrogen and oxygen atoms in total. The Hall–Kier alpha value is -2.93. The van der Waals surface area contributed by atoms with Crippen LogP contribution in [0.3, 0.4) is 0 Å². The molecule has 2 heterocycles. The number of H-pyrrole nitrogens is 1. The minimum atomic E-state index is -0.801. The van der Waals surface area contributed by atoms with E-state index in [1.54, 1.807) is 26.2 Å². The molecule has 1 amide bonds. The van der Waals surface area contributed by atoms with E-state index in [2.05, 4.69) is 20.5 Å². The van der Waals surface area contributed by atoms with E-state index < -0.39 is 11.5 Å². The molecule has 0 spiro atoms. The van der Waals surface area contributed by atoms with Crippen molar-refractivity contribution in [3.05, 3.63) is 42.4 Å². The SMILES string of the molecule is CC(C)(O)CCNc1c(C(N)=O)cnc2ccc(-c3cn[nH]c3)cc12. The zero-order valence-corrected chi connectivity index (χ0v) is 14.2. The third-order valence-corrected chi connectivity index (χ3v) is 4.00. The van der Waals surface area contributed by atoms with Crippen molar-refractivity contribution >= 4 is 22.5 Å². The minimum Gasteiger partial charge on any atom is -0.390 e. The van der Waals surface area contributed by atoms with Crippen molar-refractivity contribution in [1.82, 2.24) is 15.2 Å². The number of carbonyl (C=O) groups is 1. The number of anilines is 1. The molecular weight excluding hydrogens is 318 g/mol. The van der Waals surface area contributed by atoms with Crippen LogP contribution in [-0.4, -0.2) is 38.3 Å². The van der Waals surface area contributed by atoms with Crippen LogP contribution in [0.5, 0.6) is 0 Å². The molecule has 3 aromatic rings. The van der Waals surface area contributed by atoms with Crippen molar-refractivity contribution in [2.75, 3.05) is 11.9 Å². The number of fused-ring (bicyclic) bond motifs is 1. The summed E-state index contributed by atoms with van der Waals surface area (Å²) in [5, 5.41) is 20.7. The van der Waals surface area contributed by atoms with E-state index in [1.165, 1.54) is 6.20 Å². The average molecular weight is 339 g/mol. The van der Waals surface area contributed by atoms with Crippen molar-refractivity contribution in [2.45, 2.75) is 25.9 Å². The van der Waals surface area contributed by atoms with Crippen molar-refractivity contribution in [2.24, 2.45) is 5.73 Å². The molecule has 0 fully saturated rings. The third-order valence-electron chi connectivity index (χ3n) is 4.00. The van der Waals surface area contributed by atoms with Gasteiger partial charge in [-0.05, 0) is 38.0 Å². The summed E-state index contributed by atoms with van der Waals surface area (Å²) in [4.78, 5) is 16.1. The predicted molar refractivity (Wildman–Crippen MR) is 97.2 cm³/mol. The number of primary amides is 1. The molecule has 0 saturated heterocycles. The molecule has 0 radical (unpaired) electrons. The van der Waals surface area contributed by atoms with Crippen LogP contribution in [0.4, 0.5) is 5.69 Å². The number of aromatic amines is 1. The lowest BCUT2D eigenvalue weighted by atomic mass is 10.0. The summed E-state index contributed by atoms with van der Waals surface area (Å²) in [6, 6.07) is 5.79. The number of hydrogen-bond acceptors (Lipinski definition) is 5. The fraction of sp³-hybridized carbons (Fsp3) is 0.278. The first kappa shape index (κ1) is 16.9. The van der Waals surface area contributed by atoms with E-state index in [0.717, 1.165) is 22.0 Å². The number of nitrogens with two attached hydrogens (primary N) is 1. The highest BCUT2D eigenvalue weighted by Gasteiger charge is 2.16. The van der Waals surface area contributed by atoms with Crippen LogP contribution in [0.25, 0.3) is 22.0 Å². The standard InChI is InChI=1S/C18H21N5O2/c1-18(2,25)5-6-20-16-13-7-11(12-8-22-23-9-12)3-4-15(13)21-10-14(16)17(19)24/h3-4,7-10,25H,5-6H2,1-2H3,(H2,19,24)(H,20,21)(H,22,23). The molecular formula is C18H21N5O2. The molecule has 0 bridgehead atoms. The van der Waals surface area contributed by atoms with Crippen molar-refractivity contribution in [3.63, 3.8) is 0 Å². The van der Waals surface area contributed by atoms with Gasteiger partial charge < -0.3 is 16.2 Å². The topological polar surface area (TPSA) is 117 Å². The summed E-state index contributed by atoms with van der Waals surface area (Å²) in [7, 11) is 0. The van der Waals surface area contributed by atoms with Crippen LogP contribution >= 0.6 is 0 Å². The summed E-state index contributed by atoms with van der Waals surface area (Å²) in [6.07, 6.45) is 5.53. The third kappa shape index (κ3) is 3.77. The summed E-state index contributed by atoms with van der Waals surface area (Å²) in [6.45, 7) is 3.98. The van der Waals surface area contributed by atoms with Gasteiger partial charge in [-0.3, -0.25) is 14.9 Å². The maximum Gasteiger partial charge on any atom is 0.252 e. The van der Waals surface area contributed by atoms with Crippen LogP contribution in [0.15, 0.2) is 36.8 Å². The number of nitrogens with one attached hydrogen (secondary N) is 2. The Bertz CT molecular complexity index is 898. The number of pyridine rings is 1.